The molecule has 19 heavy (non-hydrogen) atoms. The van der Waals surface area contributed by atoms with Crippen molar-refractivity contribution >= 4 is 5.84 Å². The molecule has 0 amide bonds. The van der Waals surface area contributed by atoms with Gasteiger partial charge < -0.3 is 9.64 Å². The van der Waals surface area contributed by atoms with E-state index in [9.17, 15) is 0 Å². The largest absolute Gasteiger partial charge is 0.378 e. The van der Waals surface area contributed by atoms with Gasteiger partial charge in [0.2, 0.25) is 0 Å². The third-order valence-electron chi connectivity index (χ3n) is 4.62. The Kier molecular flexibility index (Phi) is 2.80. The van der Waals surface area contributed by atoms with Gasteiger partial charge in [-0.3, -0.25) is 0 Å². The molecule has 1 aliphatic carbocycles. The first kappa shape index (κ1) is 11.5. The van der Waals surface area contributed by atoms with Crippen molar-refractivity contribution in [2.75, 3.05) is 26.3 Å². The van der Waals surface area contributed by atoms with Crippen LogP contribution in [0.1, 0.15) is 37.4 Å². The van der Waals surface area contributed by atoms with Gasteiger partial charge in [-0.05, 0) is 12.8 Å². The molecule has 1 aromatic heterocycles. The van der Waals surface area contributed by atoms with Crippen LogP contribution in [0.2, 0.25) is 0 Å². The molecule has 1 saturated carbocycles. The molecular formula is C14H20N4O. The Balaban J connectivity index is 1.71. The van der Waals surface area contributed by atoms with E-state index in [4.69, 9.17) is 9.84 Å². The van der Waals surface area contributed by atoms with E-state index < -0.39 is 0 Å². The number of amidine groups is 1. The Morgan fingerprint density at radius 2 is 1.89 bits per heavy atom. The van der Waals surface area contributed by atoms with Crippen LogP contribution in [-0.2, 0) is 4.74 Å². The standard InChI is InChI=1S/C14H20N4O/c1-2-4-12-11(3-1)13-15-5-6-18(13)16-14(12)17-7-9-19-10-8-17/h5-6,11-12H,1-4,7-10H2. The Morgan fingerprint density at radius 1 is 1.11 bits per heavy atom. The number of morpholine rings is 1. The Morgan fingerprint density at radius 3 is 2.74 bits per heavy atom. The molecule has 1 saturated heterocycles. The molecule has 2 unspecified atom stereocenters. The quantitative estimate of drug-likeness (QED) is 0.712. The summed E-state index contributed by atoms with van der Waals surface area (Å²) in [4.78, 5) is 6.96. The van der Waals surface area contributed by atoms with E-state index in [-0.39, 0.29) is 0 Å². The lowest BCUT2D eigenvalue weighted by molar-refractivity contribution is 0.0639. The predicted octanol–water partition coefficient (Wildman–Crippen LogP) is 1.66. The fourth-order valence-corrected chi connectivity index (χ4v) is 3.68. The van der Waals surface area contributed by atoms with E-state index in [0.717, 1.165) is 26.3 Å². The fourth-order valence-electron chi connectivity index (χ4n) is 3.68. The maximum atomic E-state index is 5.47. The number of nitrogens with zero attached hydrogens (tertiary/aromatic N) is 4. The highest BCUT2D eigenvalue weighted by Crippen LogP contribution is 2.41. The van der Waals surface area contributed by atoms with E-state index in [2.05, 4.69) is 9.88 Å². The lowest BCUT2D eigenvalue weighted by atomic mass is 9.77. The second kappa shape index (κ2) is 4.63. The van der Waals surface area contributed by atoms with E-state index in [1.54, 1.807) is 0 Å². The van der Waals surface area contributed by atoms with Crippen LogP contribution < -0.4 is 0 Å². The monoisotopic (exact) mass is 260 g/mol. The van der Waals surface area contributed by atoms with E-state index in [1.165, 1.54) is 37.3 Å². The molecule has 5 nitrogen and oxygen atoms in total. The van der Waals surface area contributed by atoms with Crippen LogP contribution in [0.3, 0.4) is 0 Å². The van der Waals surface area contributed by atoms with Crippen LogP contribution in [0.5, 0.6) is 0 Å². The maximum Gasteiger partial charge on any atom is 0.133 e. The zero-order valence-electron chi connectivity index (χ0n) is 11.2. The topological polar surface area (TPSA) is 42.7 Å². The van der Waals surface area contributed by atoms with Crippen LogP contribution >= 0.6 is 0 Å². The Labute approximate surface area is 113 Å². The summed E-state index contributed by atoms with van der Waals surface area (Å²) >= 11 is 0. The van der Waals surface area contributed by atoms with Crippen molar-refractivity contribution in [2.24, 2.45) is 11.0 Å². The molecule has 5 heteroatoms. The molecule has 0 radical (unpaired) electrons. The minimum absolute atomic E-state index is 0.569. The molecule has 2 atom stereocenters. The van der Waals surface area contributed by atoms with Crippen molar-refractivity contribution in [3.05, 3.63) is 18.2 Å². The van der Waals surface area contributed by atoms with Crippen molar-refractivity contribution in [2.45, 2.75) is 31.6 Å². The minimum atomic E-state index is 0.569. The second-order valence-electron chi connectivity index (χ2n) is 5.69. The Bertz CT molecular complexity index is 489. The summed E-state index contributed by atoms with van der Waals surface area (Å²) in [5.41, 5.74) is 0. The predicted molar refractivity (Wildman–Crippen MR) is 72.2 cm³/mol. The highest BCUT2D eigenvalue weighted by Gasteiger charge is 2.38. The molecule has 102 valence electrons. The van der Waals surface area contributed by atoms with Gasteiger partial charge in [-0.15, -0.1) is 0 Å². The molecule has 0 spiro atoms. The molecule has 2 fully saturated rings. The number of aromatic nitrogens is 2. The summed E-state index contributed by atoms with van der Waals surface area (Å²) in [6, 6.07) is 0. The number of fused-ring (bicyclic) bond motifs is 3. The van der Waals surface area contributed by atoms with Gasteiger partial charge in [0.25, 0.3) is 0 Å². The van der Waals surface area contributed by atoms with Crippen LogP contribution in [0.15, 0.2) is 17.5 Å². The Hall–Kier alpha value is -1.36. The van der Waals surface area contributed by atoms with Gasteiger partial charge in [0, 0.05) is 37.3 Å². The number of rotatable bonds is 0. The number of hydrogen-bond donors (Lipinski definition) is 0. The highest BCUT2D eigenvalue weighted by molar-refractivity contribution is 5.86. The van der Waals surface area contributed by atoms with Gasteiger partial charge >= 0.3 is 0 Å². The maximum absolute atomic E-state index is 5.47. The third-order valence-corrected chi connectivity index (χ3v) is 4.62. The van der Waals surface area contributed by atoms with Gasteiger partial charge in [0.1, 0.15) is 11.7 Å². The summed E-state index contributed by atoms with van der Waals surface area (Å²) in [6.07, 6.45) is 9.03. The molecule has 0 N–H and O–H groups in total. The van der Waals surface area contributed by atoms with Gasteiger partial charge in [0.15, 0.2) is 0 Å². The van der Waals surface area contributed by atoms with Crippen LogP contribution in [0, 0.1) is 5.92 Å². The summed E-state index contributed by atoms with van der Waals surface area (Å²) in [6.45, 7) is 3.61. The molecule has 0 bridgehead atoms. The van der Waals surface area contributed by atoms with Gasteiger partial charge in [-0.1, -0.05) is 12.8 Å². The number of hydrogen-bond acceptors (Lipinski definition) is 4. The van der Waals surface area contributed by atoms with Crippen molar-refractivity contribution < 1.29 is 4.74 Å². The van der Waals surface area contributed by atoms with Crippen LogP contribution in [0.4, 0.5) is 0 Å². The summed E-state index contributed by atoms with van der Waals surface area (Å²) < 4.78 is 7.46. The third kappa shape index (κ3) is 1.87. The van der Waals surface area contributed by atoms with E-state index >= 15 is 0 Å². The lowest BCUT2D eigenvalue weighted by Gasteiger charge is -2.40. The van der Waals surface area contributed by atoms with Crippen molar-refractivity contribution in [3.8, 4) is 0 Å². The first-order chi connectivity index (χ1) is 9.43. The molecule has 4 rings (SSSR count). The van der Waals surface area contributed by atoms with Gasteiger partial charge in [-0.25, -0.2) is 9.66 Å². The van der Waals surface area contributed by atoms with Crippen LogP contribution in [0.25, 0.3) is 0 Å². The molecule has 1 aromatic rings. The van der Waals surface area contributed by atoms with Crippen LogP contribution in [-0.4, -0.2) is 46.7 Å². The normalized spacial score (nSPS) is 30.5. The summed E-state index contributed by atoms with van der Waals surface area (Å²) in [5.74, 6) is 3.58. The van der Waals surface area contributed by atoms with Crippen molar-refractivity contribution in [1.82, 2.24) is 14.6 Å². The molecular weight excluding hydrogens is 240 g/mol. The summed E-state index contributed by atoms with van der Waals surface area (Å²) in [7, 11) is 0. The second-order valence-corrected chi connectivity index (χ2v) is 5.69. The first-order valence-electron chi connectivity index (χ1n) is 7.38. The minimum Gasteiger partial charge on any atom is -0.378 e. The lowest BCUT2D eigenvalue weighted by Crippen LogP contribution is -2.47. The highest BCUT2D eigenvalue weighted by atomic mass is 16.5. The van der Waals surface area contributed by atoms with E-state index in [0.29, 0.717) is 11.8 Å². The zero-order valence-corrected chi connectivity index (χ0v) is 11.2. The SMILES string of the molecule is c1cn2c(n1)C1CCCCC1C(N1CCOCC1)=N2. The molecule has 2 aliphatic heterocycles. The average molecular weight is 260 g/mol. The first-order valence-corrected chi connectivity index (χ1v) is 7.38. The average Bonchev–Trinajstić information content (AvgIpc) is 2.96. The molecule has 3 aliphatic rings. The smallest absolute Gasteiger partial charge is 0.133 e. The molecule has 0 aromatic carbocycles. The van der Waals surface area contributed by atoms with Crippen molar-refractivity contribution in [1.29, 1.82) is 0 Å². The van der Waals surface area contributed by atoms with Gasteiger partial charge in [-0.2, -0.15) is 5.10 Å². The van der Waals surface area contributed by atoms with E-state index in [1.807, 2.05) is 17.1 Å². The van der Waals surface area contributed by atoms with Gasteiger partial charge in [0.05, 0.1) is 13.2 Å². The number of imidazole rings is 1. The fraction of sp³-hybridized carbons (Fsp3) is 0.714. The number of ether oxygens (including phenoxy) is 1. The van der Waals surface area contributed by atoms with Crippen molar-refractivity contribution in [3.63, 3.8) is 0 Å². The summed E-state index contributed by atoms with van der Waals surface area (Å²) in [5, 5.41) is 4.85. The molecule has 3 heterocycles. The zero-order chi connectivity index (χ0) is 12.7.